The van der Waals surface area contributed by atoms with E-state index in [-0.39, 0.29) is 5.69 Å². The first-order valence-corrected chi connectivity index (χ1v) is 5.93. The van der Waals surface area contributed by atoms with Crippen LogP contribution in [0.1, 0.15) is 11.4 Å². The Bertz CT molecular complexity index is 559. The molecule has 0 spiro atoms. The Labute approximate surface area is 113 Å². The van der Waals surface area contributed by atoms with Crippen LogP contribution < -0.4 is 5.32 Å². The molecule has 0 fully saturated rings. The molecule has 0 saturated heterocycles. The van der Waals surface area contributed by atoms with Gasteiger partial charge in [-0.1, -0.05) is 16.8 Å². The van der Waals surface area contributed by atoms with Crippen LogP contribution in [-0.2, 0) is 13.0 Å². The molecule has 0 bridgehead atoms. The molecule has 1 heterocycles. The number of benzene rings is 1. The first kappa shape index (κ1) is 13.4. The molecule has 8 heteroatoms. The standard InChI is InChI=1S/C11H11ClN4O3/c12-10-5-9(16(17)18)2-1-8(10)6-13-4-3-11-14-7-19-15-11/h1-2,5,7,13H,3-4,6H2. The maximum absolute atomic E-state index is 10.6. The number of nitro groups is 1. The smallest absolute Gasteiger partial charge is 0.270 e. The van der Waals surface area contributed by atoms with E-state index < -0.39 is 4.92 Å². The van der Waals surface area contributed by atoms with Gasteiger partial charge in [-0.25, -0.2) is 0 Å². The first-order chi connectivity index (χ1) is 9.16. The Morgan fingerprint density at radius 1 is 1.47 bits per heavy atom. The molecule has 0 atom stereocenters. The molecule has 0 aliphatic carbocycles. The Balaban J connectivity index is 1.84. The molecule has 1 aromatic carbocycles. The van der Waals surface area contributed by atoms with Crippen LogP contribution in [-0.4, -0.2) is 21.6 Å². The largest absolute Gasteiger partial charge is 0.343 e. The van der Waals surface area contributed by atoms with Crippen LogP contribution in [0.5, 0.6) is 0 Å². The summed E-state index contributed by atoms with van der Waals surface area (Å²) in [6, 6.07) is 4.42. The van der Waals surface area contributed by atoms with Gasteiger partial charge in [0.15, 0.2) is 5.82 Å². The van der Waals surface area contributed by atoms with Crippen LogP contribution >= 0.6 is 11.6 Å². The second kappa shape index (κ2) is 6.26. The number of hydrogen-bond donors (Lipinski definition) is 1. The molecule has 1 aromatic heterocycles. The summed E-state index contributed by atoms with van der Waals surface area (Å²) in [4.78, 5) is 14.0. The van der Waals surface area contributed by atoms with E-state index in [2.05, 4.69) is 20.0 Å². The molecular formula is C11H11ClN4O3. The van der Waals surface area contributed by atoms with Gasteiger partial charge in [0.1, 0.15) is 0 Å². The predicted molar refractivity (Wildman–Crippen MR) is 67.8 cm³/mol. The first-order valence-electron chi connectivity index (χ1n) is 5.55. The number of nitrogens with zero attached hydrogens (tertiary/aromatic N) is 3. The van der Waals surface area contributed by atoms with Crippen LogP contribution in [0, 0.1) is 10.1 Å². The van der Waals surface area contributed by atoms with Gasteiger partial charge in [-0.2, -0.15) is 4.98 Å². The average Bonchev–Trinajstić information content (AvgIpc) is 2.89. The van der Waals surface area contributed by atoms with Crippen LogP contribution in [0.2, 0.25) is 5.02 Å². The van der Waals surface area contributed by atoms with Gasteiger partial charge >= 0.3 is 0 Å². The van der Waals surface area contributed by atoms with E-state index in [1.165, 1.54) is 18.5 Å². The Morgan fingerprint density at radius 3 is 2.95 bits per heavy atom. The predicted octanol–water partition coefficient (Wildman–Crippen LogP) is 1.96. The van der Waals surface area contributed by atoms with Crippen molar-refractivity contribution in [2.75, 3.05) is 6.54 Å². The maximum atomic E-state index is 10.6. The lowest BCUT2D eigenvalue weighted by Gasteiger charge is -2.05. The quantitative estimate of drug-likeness (QED) is 0.494. The van der Waals surface area contributed by atoms with Gasteiger partial charge in [-0.15, -0.1) is 0 Å². The summed E-state index contributed by atoms with van der Waals surface area (Å²) >= 11 is 5.97. The van der Waals surface area contributed by atoms with Crippen molar-refractivity contribution in [1.29, 1.82) is 0 Å². The molecule has 2 aromatic rings. The molecule has 7 nitrogen and oxygen atoms in total. The summed E-state index contributed by atoms with van der Waals surface area (Å²) < 4.78 is 4.61. The fourth-order valence-electron chi connectivity index (χ4n) is 1.52. The third-order valence-corrected chi connectivity index (χ3v) is 2.85. The molecule has 0 aliphatic heterocycles. The van der Waals surface area contributed by atoms with Gasteiger partial charge in [-0.3, -0.25) is 10.1 Å². The van der Waals surface area contributed by atoms with E-state index in [1.54, 1.807) is 6.07 Å². The fourth-order valence-corrected chi connectivity index (χ4v) is 1.76. The summed E-state index contributed by atoms with van der Waals surface area (Å²) in [5.74, 6) is 0.627. The van der Waals surface area contributed by atoms with Gasteiger partial charge in [0.25, 0.3) is 5.69 Å². The molecule has 0 radical (unpaired) electrons. The highest BCUT2D eigenvalue weighted by atomic mass is 35.5. The number of hydrogen-bond acceptors (Lipinski definition) is 6. The summed E-state index contributed by atoms with van der Waals surface area (Å²) in [7, 11) is 0. The summed E-state index contributed by atoms with van der Waals surface area (Å²) in [6.07, 6.45) is 1.92. The van der Waals surface area contributed by atoms with Gasteiger partial charge < -0.3 is 9.84 Å². The number of halogens is 1. The Morgan fingerprint density at radius 2 is 2.32 bits per heavy atom. The van der Waals surface area contributed by atoms with Gasteiger partial charge in [-0.05, 0) is 11.6 Å². The van der Waals surface area contributed by atoms with Crippen LogP contribution in [0.4, 0.5) is 5.69 Å². The topological polar surface area (TPSA) is 94.1 Å². The lowest BCUT2D eigenvalue weighted by molar-refractivity contribution is -0.384. The van der Waals surface area contributed by atoms with Crippen molar-refractivity contribution in [3.63, 3.8) is 0 Å². The highest BCUT2D eigenvalue weighted by Gasteiger charge is 2.09. The van der Waals surface area contributed by atoms with Crippen LogP contribution in [0.25, 0.3) is 0 Å². The second-order valence-corrected chi connectivity index (χ2v) is 4.21. The second-order valence-electron chi connectivity index (χ2n) is 3.81. The zero-order chi connectivity index (χ0) is 13.7. The van der Waals surface area contributed by atoms with Gasteiger partial charge in [0.2, 0.25) is 6.39 Å². The highest BCUT2D eigenvalue weighted by molar-refractivity contribution is 6.31. The summed E-state index contributed by atoms with van der Waals surface area (Å²) in [5.41, 5.74) is 0.793. The van der Waals surface area contributed by atoms with E-state index in [1.807, 2.05) is 0 Å². The SMILES string of the molecule is O=[N+]([O-])c1ccc(CNCCc2ncon2)c(Cl)c1. The van der Waals surface area contributed by atoms with Crippen molar-refractivity contribution in [3.05, 3.63) is 51.1 Å². The van der Waals surface area contributed by atoms with Gasteiger partial charge in [0, 0.05) is 31.6 Å². The van der Waals surface area contributed by atoms with Crippen molar-refractivity contribution in [3.8, 4) is 0 Å². The van der Waals surface area contributed by atoms with E-state index in [0.717, 1.165) is 5.56 Å². The van der Waals surface area contributed by atoms with Crippen LogP contribution in [0.3, 0.4) is 0 Å². The molecule has 2 rings (SSSR count). The van der Waals surface area contributed by atoms with E-state index in [9.17, 15) is 10.1 Å². The van der Waals surface area contributed by atoms with E-state index >= 15 is 0 Å². The lowest BCUT2D eigenvalue weighted by atomic mass is 10.2. The number of rotatable bonds is 6. The minimum Gasteiger partial charge on any atom is -0.343 e. The summed E-state index contributed by atoms with van der Waals surface area (Å²) in [5, 5.41) is 17.8. The van der Waals surface area contributed by atoms with Crippen molar-refractivity contribution in [2.45, 2.75) is 13.0 Å². The fraction of sp³-hybridized carbons (Fsp3) is 0.273. The number of nitro benzene ring substituents is 1. The molecule has 0 unspecified atom stereocenters. The normalized spacial score (nSPS) is 10.6. The zero-order valence-electron chi connectivity index (χ0n) is 9.88. The molecule has 100 valence electrons. The minimum absolute atomic E-state index is 0.0134. The summed E-state index contributed by atoms with van der Waals surface area (Å²) in [6.45, 7) is 1.18. The molecular weight excluding hydrogens is 272 g/mol. The highest BCUT2D eigenvalue weighted by Crippen LogP contribution is 2.22. The van der Waals surface area contributed by atoms with Crippen molar-refractivity contribution >= 4 is 17.3 Å². The number of nitrogens with one attached hydrogen (secondary N) is 1. The lowest BCUT2D eigenvalue weighted by Crippen LogP contribution is -2.17. The monoisotopic (exact) mass is 282 g/mol. The Hall–Kier alpha value is -1.99. The molecule has 0 aliphatic rings. The Kier molecular flexibility index (Phi) is 4.43. The van der Waals surface area contributed by atoms with Gasteiger partial charge in [0.05, 0.1) is 9.95 Å². The van der Waals surface area contributed by atoms with E-state index in [0.29, 0.717) is 30.4 Å². The van der Waals surface area contributed by atoms with E-state index in [4.69, 9.17) is 11.6 Å². The van der Waals surface area contributed by atoms with Crippen LogP contribution in [0.15, 0.2) is 29.1 Å². The number of aromatic nitrogens is 2. The molecule has 19 heavy (non-hydrogen) atoms. The number of non-ortho nitro benzene ring substituents is 1. The van der Waals surface area contributed by atoms with Crippen molar-refractivity contribution < 1.29 is 9.45 Å². The maximum Gasteiger partial charge on any atom is 0.270 e. The minimum atomic E-state index is -0.473. The van der Waals surface area contributed by atoms with Crippen molar-refractivity contribution in [2.24, 2.45) is 0 Å². The molecule has 1 N–H and O–H groups in total. The molecule has 0 saturated carbocycles. The third kappa shape index (κ3) is 3.73. The average molecular weight is 283 g/mol. The third-order valence-electron chi connectivity index (χ3n) is 2.50. The zero-order valence-corrected chi connectivity index (χ0v) is 10.6. The molecule has 0 amide bonds. The van der Waals surface area contributed by atoms with Crippen molar-refractivity contribution in [1.82, 2.24) is 15.5 Å².